The van der Waals surface area contributed by atoms with E-state index in [4.69, 9.17) is 14.6 Å². The second-order valence-corrected chi connectivity index (χ2v) is 5.98. The lowest BCUT2D eigenvalue weighted by Crippen LogP contribution is -2.38. The minimum absolute atomic E-state index is 0.0472. The summed E-state index contributed by atoms with van der Waals surface area (Å²) in [7, 11) is 3.04. The van der Waals surface area contributed by atoms with Gasteiger partial charge in [0.1, 0.15) is 17.5 Å². The van der Waals surface area contributed by atoms with Crippen LogP contribution in [0.1, 0.15) is 22.8 Å². The van der Waals surface area contributed by atoms with Crippen molar-refractivity contribution in [2.45, 2.75) is 19.4 Å². The summed E-state index contributed by atoms with van der Waals surface area (Å²) < 4.78 is 10.6. The monoisotopic (exact) mass is 386 g/mol. The molecule has 0 saturated carbocycles. The predicted octanol–water partition coefficient (Wildman–Crippen LogP) is 2.09. The second-order valence-electron chi connectivity index (χ2n) is 5.98. The number of nitrogens with one attached hydrogen (secondary N) is 2. The molecule has 1 unspecified atom stereocenters. The Hall–Kier alpha value is -3.55. The van der Waals surface area contributed by atoms with Crippen LogP contribution >= 0.6 is 0 Å². The molecule has 0 spiro atoms. The Balaban J connectivity index is 2.04. The van der Waals surface area contributed by atoms with Gasteiger partial charge in [0.05, 0.1) is 20.6 Å². The van der Waals surface area contributed by atoms with E-state index in [-0.39, 0.29) is 17.9 Å². The van der Waals surface area contributed by atoms with Crippen molar-refractivity contribution in [3.8, 4) is 11.5 Å². The summed E-state index contributed by atoms with van der Waals surface area (Å²) in [6.07, 6.45) is 0.0472. The molecule has 0 saturated heterocycles. The second kappa shape index (κ2) is 9.40. The summed E-state index contributed by atoms with van der Waals surface area (Å²) in [6.45, 7) is 1.38. The first-order chi connectivity index (χ1) is 13.3. The molecule has 3 N–H and O–H groups in total. The molecule has 8 nitrogen and oxygen atoms in total. The summed E-state index contributed by atoms with van der Waals surface area (Å²) in [5.74, 6) is -0.807. The lowest BCUT2D eigenvalue weighted by atomic mass is 10.1. The zero-order valence-corrected chi connectivity index (χ0v) is 15.8. The number of benzene rings is 2. The number of aliphatic carboxylic acids is 1. The third-order valence-electron chi connectivity index (χ3n) is 4.02. The van der Waals surface area contributed by atoms with Gasteiger partial charge < -0.3 is 25.2 Å². The smallest absolute Gasteiger partial charge is 0.325 e. The maximum absolute atomic E-state index is 12.4. The lowest BCUT2D eigenvalue weighted by Gasteiger charge is -2.13. The largest absolute Gasteiger partial charge is 0.496 e. The van der Waals surface area contributed by atoms with Gasteiger partial charge in [-0.1, -0.05) is 6.07 Å². The highest BCUT2D eigenvalue weighted by atomic mass is 16.5. The van der Waals surface area contributed by atoms with E-state index in [0.717, 1.165) is 0 Å². The molecule has 0 aliphatic rings. The van der Waals surface area contributed by atoms with Crippen molar-refractivity contribution in [1.29, 1.82) is 0 Å². The minimum atomic E-state index is -1.12. The van der Waals surface area contributed by atoms with E-state index >= 15 is 0 Å². The van der Waals surface area contributed by atoms with Crippen LogP contribution in [0.15, 0.2) is 42.5 Å². The maximum Gasteiger partial charge on any atom is 0.325 e. The number of carboxylic acid groups (broad SMARTS) is 1. The summed E-state index contributed by atoms with van der Waals surface area (Å²) >= 11 is 0. The topological polar surface area (TPSA) is 114 Å². The number of carbonyl (C=O) groups is 3. The van der Waals surface area contributed by atoms with Gasteiger partial charge in [-0.3, -0.25) is 14.4 Å². The Morgan fingerprint density at radius 2 is 1.57 bits per heavy atom. The van der Waals surface area contributed by atoms with E-state index in [0.29, 0.717) is 22.7 Å². The standard InChI is InChI=1S/C20H22N2O6/c1-12(20(25)26)21-19(24)13-7-9-14(10-8-13)22-18(23)11-15-16(27-2)5-4-6-17(15)28-3/h4-10,12H,11H2,1-3H3,(H,21,24)(H,22,23)(H,25,26). The van der Waals surface area contributed by atoms with E-state index in [9.17, 15) is 14.4 Å². The summed E-state index contributed by atoms with van der Waals surface area (Å²) in [5, 5.41) is 13.9. The van der Waals surface area contributed by atoms with Gasteiger partial charge >= 0.3 is 5.97 Å². The number of rotatable bonds is 8. The van der Waals surface area contributed by atoms with Crippen molar-refractivity contribution >= 4 is 23.5 Å². The Morgan fingerprint density at radius 3 is 2.07 bits per heavy atom. The molecule has 0 aliphatic carbocycles. The van der Waals surface area contributed by atoms with Gasteiger partial charge in [-0.05, 0) is 43.3 Å². The van der Waals surface area contributed by atoms with Crippen LogP contribution in [0.3, 0.4) is 0 Å². The summed E-state index contributed by atoms with van der Waals surface area (Å²) in [6, 6.07) is 10.4. The highest BCUT2D eigenvalue weighted by Gasteiger charge is 2.16. The third kappa shape index (κ3) is 5.23. The number of methoxy groups -OCH3 is 2. The average Bonchev–Trinajstić information content (AvgIpc) is 2.68. The third-order valence-corrected chi connectivity index (χ3v) is 4.02. The van der Waals surface area contributed by atoms with Gasteiger partial charge in [0.2, 0.25) is 5.91 Å². The Bertz CT molecular complexity index is 841. The van der Waals surface area contributed by atoms with Gasteiger partial charge in [0, 0.05) is 16.8 Å². The van der Waals surface area contributed by atoms with Crippen LogP contribution in [0.2, 0.25) is 0 Å². The normalized spacial score (nSPS) is 11.2. The number of anilines is 1. The van der Waals surface area contributed by atoms with Crippen LogP contribution in [0.25, 0.3) is 0 Å². The molecule has 0 bridgehead atoms. The predicted molar refractivity (Wildman–Crippen MR) is 103 cm³/mol. The summed E-state index contributed by atoms with van der Waals surface area (Å²) in [5.41, 5.74) is 1.42. The summed E-state index contributed by atoms with van der Waals surface area (Å²) in [4.78, 5) is 35.2. The van der Waals surface area contributed by atoms with Crippen LogP contribution in [-0.4, -0.2) is 43.2 Å². The van der Waals surface area contributed by atoms with Crippen molar-refractivity contribution < 1.29 is 29.0 Å². The van der Waals surface area contributed by atoms with Crippen molar-refractivity contribution in [1.82, 2.24) is 5.32 Å². The fourth-order valence-corrected chi connectivity index (χ4v) is 2.51. The zero-order valence-electron chi connectivity index (χ0n) is 15.8. The van der Waals surface area contributed by atoms with E-state index < -0.39 is 17.9 Å². The van der Waals surface area contributed by atoms with Crippen LogP contribution < -0.4 is 20.1 Å². The molecule has 28 heavy (non-hydrogen) atoms. The van der Waals surface area contributed by atoms with E-state index in [1.54, 1.807) is 30.3 Å². The first-order valence-electron chi connectivity index (χ1n) is 8.49. The van der Waals surface area contributed by atoms with Crippen LogP contribution in [0.5, 0.6) is 11.5 Å². The molecule has 148 valence electrons. The van der Waals surface area contributed by atoms with Crippen LogP contribution in [0, 0.1) is 0 Å². The molecule has 2 amide bonds. The van der Waals surface area contributed by atoms with Crippen molar-refractivity contribution in [2.75, 3.05) is 19.5 Å². The molecule has 0 aromatic heterocycles. The quantitative estimate of drug-likeness (QED) is 0.640. The van der Waals surface area contributed by atoms with Crippen LogP contribution in [0.4, 0.5) is 5.69 Å². The lowest BCUT2D eigenvalue weighted by molar-refractivity contribution is -0.138. The fraction of sp³-hybridized carbons (Fsp3) is 0.250. The van der Waals surface area contributed by atoms with E-state index in [1.807, 2.05) is 0 Å². The minimum Gasteiger partial charge on any atom is -0.496 e. The Kier molecular flexibility index (Phi) is 6.97. The fourth-order valence-electron chi connectivity index (χ4n) is 2.51. The molecule has 0 fully saturated rings. The van der Waals surface area contributed by atoms with Gasteiger partial charge in [-0.25, -0.2) is 0 Å². The first-order valence-corrected chi connectivity index (χ1v) is 8.49. The molecule has 2 rings (SSSR count). The van der Waals surface area contributed by atoms with Crippen molar-refractivity contribution in [3.63, 3.8) is 0 Å². The number of ether oxygens (including phenoxy) is 2. The molecule has 0 radical (unpaired) electrons. The van der Waals surface area contributed by atoms with Crippen LogP contribution in [-0.2, 0) is 16.0 Å². The zero-order chi connectivity index (χ0) is 20.7. The number of carbonyl (C=O) groups excluding carboxylic acids is 2. The van der Waals surface area contributed by atoms with E-state index in [2.05, 4.69) is 10.6 Å². The SMILES string of the molecule is COc1cccc(OC)c1CC(=O)Nc1ccc(C(=O)NC(C)C(=O)O)cc1. The Labute approximate surface area is 162 Å². The van der Waals surface area contributed by atoms with Crippen molar-refractivity contribution in [3.05, 3.63) is 53.6 Å². The molecule has 2 aromatic rings. The van der Waals surface area contributed by atoms with Gasteiger partial charge in [-0.2, -0.15) is 0 Å². The first kappa shape index (κ1) is 20.8. The number of hydrogen-bond donors (Lipinski definition) is 3. The number of hydrogen-bond acceptors (Lipinski definition) is 5. The average molecular weight is 386 g/mol. The molecule has 0 heterocycles. The molecular formula is C20H22N2O6. The molecule has 8 heteroatoms. The Morgan fingerprint density at radius 1 is 1.00 bits per heavy atom. The molecular weight excluding hydrogens is 364 g/mol. The van der Waals surface area contributed by atoms with Gasteiger partial charge in [0.25, 0.3) is 5.91 Å². The molecule has 2 aromatic carbocycles. The van der Waals surface area contributed by atoms with Gasteiger partial charge in [0.15, 0.2) is 0 Å². The molecule has 1 atom stereocenters. The molecule has 0 aliphatic heterocycles. The maximum atomic E-state index is 12.4. The highest BCUT2D eigenvalue weighted by molar-refractivity contribution is 5.98. The highest BCUT2D eigenvalue weighted by Crippen LogP contribution is 2.28. The number of amides is 2. The van der Waals surface area contributed by atoms with E-state index in [1.165, 1.54) is 33.3 Å². The number of carboxylic acids is 1. The van der Waals surface area contributed by atoms with Gasteiger partial charge in [-0.15, -0.1) is 0 Å². The van der Waals surface area contributed by atoms with Crippen molar-refractivity contribution in [2.24, 2.45) is 0 Å².